The van der Waals surface area contributed by atoms with Crippen LogP contribution in [0.4, 0.5) is 5.00 Å². The molecule has 2 heterocycles. The first-order valence-electron chi connectivity index (χ1n) is 6.37. The largest absolute Gasteiger partial charge is 0.378 e. The van der Waals surface area contributed by atoms with E-state index in [1.54, 1.807) is 7.05 Å². The molecule has 0 bridgehead atoms. The molecule has 1 aromatic rings. The van der Waals surface area contributed by atoms with Crippen LogP contribution in [0, 0.1) is 11.3 Å². The van der Waals surface area contributed by atoms with E-state index < -0.39 is 0 Å². The normalized spacial score (nSPS) is 14.8. The summed E-state index contributed by atoms with van der Waals surface area (Å²) in [5.74, 6) is -0.177. The van der Waals surface area contributed by atoms with Crippen LogP contribution in [-0.2, 0) is 4.74 Å². The van der Waals surface area contributed by atoms with Gasteiger partial charge in [0.2, 0.25) is 0 Å². The van der Waals surface area contributed by atoms with Crippen LogP contribution in [-0.4, -0.2) is 39.3 Å². The van der Waals surface area contributed by atoms with E-state index in [2.05, 4.69) is 22.9 Å². The van der Waals surface area contributed by atoms with Crippen molar-refractivity contribution in [1.29, 1.82) is 5.26 Å². The van der Waals surface area contributed by atoms with Gasteiger partial charge in [0, 0.05) is 25.7 Å². The first-order chi connectivity index (χ1) is 9.60. The van der Waals surface area contributed by atoms with Gasteiger partial charge in [-0.2, -0.15) is 5.26 Å². The molecule has 0 saturated carbocycles. The number of morpholine rings is 1. The van der Waals surface area contributed by atoms with Crippen LogP contribution in [0.5, 0.6) is 0 Å². The number of hydrogen-bond donors (Lipinski definition) is 1. The molecular weight excluding hydrogens is 274 g/mol. The maximum atomic E-state index is 12.0. The first-order valence-corrected chi connectivity index (χ1v) is 7.19. The predicted octanol–water partition coefficient (Wildman–Crippen LogP) is 1.85. The zero-order chi connectivity index (χ0) is 14.7. The van der Waals surface area contributed by atoms with Gasteiger partial charge in [0.25, 0.3) is 5.91 Å². The molecule has 0 spiro atoms. The van der Waals surface area contributed by atoms with E-state index in [0.29, 0.717) is 29.2 Å². The molecular formula is C14H17N3O2S. The highest BCUT2D eigenvalue weighted by Gasteiger charge is 2.26. The molecule has 0 radical (unpaired) electrons. The van der Waals surface area contributed by atoms with E-state index in [-0.39, 0.29) is 5.91 Å². The summed E-state index contributed by atoms with van der Waals surface area (Å²) in [6.45, 7) is 8.47. The molecule has 1 aromatic heterocycles. The van der Waals surface area contributed by atoms with Crippen LogP contribution in [0.25, 0.3) is 5.57 Å². The number of allylic oxidation sites excluding steroid dienone is 1. The molecule has 0 aliphatic carbocycles. The highest BCUT2D eigenvalue weighted by atomic mass is 32.1. The van der Waals surface area contributed by atoms with Crippen molar-refractivity contribution in [3.05, 3.63) is 22.6 Å². The maximum Gasteiger partial charge on any atom is 0.261 e. The molecule has 106 valence electrons. The fraction of sp³-hybridized carbons (Fsp3) is 0.429. The Morgan fingerprint density at radius 2 is 2.15 bits per heavy atom. The Kier molecular flexibility index (Phi) is 4.42. The van der Waals surface area contributed by atoms with Crippen LogP contribution in [0.3, 0.4) is 0 Å². The Morgan fingerprint density at radius 3 is 2.65 bits per heavy atom. The average Bonchev–Trinajstić information content (AvgIpc) is 2.87. The predicted molar refractivity (Wildman–Crippen MR) is 80.2 cm³/mol. The van der Waals surface area contributed by atoms with Crippen LogP contribution in [0.15, 0.2) is 6.58 Å². The molecule has 20 heavy (non-hydrogen) atoms. The van der Waals surface area contributed by atoms with E-state index in [4.69, 9.17) is 4.74 Å². The molecule has 0 aromatic carbocycles. The smallest absolute Gasteiger partial charge is 0.261 e. The zero-order valence-electron chi connectivity index (χ0n) is 11.7. The van der Waals surface area contributed by atoms with Crippen molar-refractivity contribution < 1.29 is 9.53 Å². The highest BCUT2D eigenvalue weighted by molar-refractivity contribution is 7.18. The third-order valence-corrected chi connectivity index (χ3v) is 4.41. The number of ether oxygens (including phenoxy) is 1. The topological polar surface area (TPSA) is 65.4 Å². The van der Waals surface area contributed by atoms with Gasteiger partial charge >= 0.3 is 0 Å². The Labute approximate surface area is 122 Å². The molecule has 1 amide bonds. The Balaban J connectivity index is 2.54. The fourth-order valence-electron chi connectivity index (χ4n) is 2.19. The van der Waals surface area contributed by atoms with Gasteiger partial charge in [-0.15, -0.1) is 11.3 Å². The summed E-state index contributed by atoms with van der Waals surface area (Å²) in [6, 6.07) is 2.23. The number of nitriles is 1. The van der Waals surface area contributed by atoms with Crippen molar-refractivity contribution in [2.75, 3.05) is 38.3 Å². The van der Waals surface area contributed by atoms with E-state index in [1.165, 1.54) is 11.3 Å². The minimum Gasteiger partial charge on any atom is -0.378 e. The third kappa shape index (κ3) is 2.55. The SMILES string of the molecule is C=C(C)c1c(C(=O)NC)sc(N2CCOCC2)c1C#N. The van der Waals surface area contributed by atoms with Crippen molar-refractivity contribution in [2.45, 2.75) is 6.92 Å². The van der Waals surface area contributed by atoms with Gasteiger partial charge in [-0.3, -0.25) is 4.79 Å². The van der Waals surface area contributed by atoms with E-state index >= 15 is 0 Å². The molecule has 1 saturated heterocycles. The van der Waals surface area contributed by atoms with E-state index in [1.807, 2.05) is 6.92 Å². The van der Waals surface area contributed by atoms with Crippen LogP contribution in [0.1, 0.15) is 27.7 Å². The summed E-state index contributed by atoms with van der Waals surface area (Å²) in [4.78, 5) is 14.7. The minimum atomic E-state index is -0.177. The summed E-state index contributed by atoms with van der Waals surface area (Å²) in [6.07, 6.45) is 0. The molecule has 6 heteroatoms. The average molecular weight is 291 g/mol. The van der Waals surface area contributed by atoms with Crippen molar-refractivity contribution >= 4 is 27.8 Å². The first kappa shape index (κ1) is 14.6. The van der Waals surface area contributed by atoms with Crippen LogP contribution in [0.2, 0.25) is 0 Å². The van der Waals surface area contributed by atoms with Gasteiger partial charge in [-0.1, -0.05) is 6.58 Å². The van der Waals surface area contributed by atoms with Crippen molar-refractivity contribution in [1.82, 2.24) is 5.32 Å². The second-order valence-corrected chi connectivity index (χ2v) is 5.56. The maximum absolute atomic E-state index is 12.0. The number of nitrogens with one attached hydrogen (secondary N) is 1. The number of hydrogen-bond acceptors (Lipinski definition) is 5. The van der Waals surface area contributed by atoms with E-state index in [9.17, 15) is 10.1 Å². The van der Waals surface area contributed by atoms with Crippen molar-refractivity contribution in [3.63, 3.8) is 0 Å². The van der Waals surface area contributed by atoms with Gasteiger partial charge in [0.05, 0.1) is 18.8 Å². The van der Waals surface area contributed by atoms with Crippen LogP contribution >= 0.6 is 11.3 Å². The van der Waals surface area contributed by atoms with Gasteiger partial charge in [0.1, 0.15) is 15.9 Å². The molecule has 5 nitrogen and oxygen atoms in total. The fourth-order valence-corrected chi connectivity index (χ4v) is 3.52. The lowest BCUT2D eigenvalue weighted by Crippen LogP contribution is -2.36. The molecule has 1 N–H and O–H groups in total. The summed E-state index contributed by atoms with van der Waals surface area (Å²) in [5.41, 5.74) is 1.94. The van der Waals surface area contributed by atoms with Gasteiger partial charge in [-0.05, 0) is 12.5 Å². The second-order valence-electron chi connectivity index (χ2n) is 4.56. The zero-order valence-corrected chi connectivity index (χ0v) is 12.5. The summed E-state index contributed by atoms with van der Waals surface area (Å²) in [5, 5.41) is 12.9. The molecule has 2 rings (SSSR count). The number of nitrogens with zero attached hydrogens (tertiary/aromatic N) is 2. The molecule has 1 aliphatic rings. The summed E-state index contributed by atoms with van der Waals surface area (Å²) < 4.78 is 5.33. The van der Waals surface area contributed by atoms with Crippen molar-refractivity contribution in [3.8, 4) is 6.07 Å². The highest BCUT2D eigenvalue weighted by Crippen LogP contribution is 2.39. The number of anilines is 1. The Bertz CT molecular complexity index is 580. The molecule has 0 unspecified atom stereocenters. The minimum absolute atomic E-state index is 0.177. The van der Waals surface area contributed by atoms with E-state index in [0.717, 1.165) is 23.7 Å². The summed E-state index contributed by atoms with van der Waals surface area (Å²) in [7, 11) is 1.59. The Hall–Kier alpha value is -1.84. The quantitative estimate of drug-likeness (QED) is 0.923. The number of thiophene rings is 1. The van der Waals surface area contributed by atoms with Gasteiger partial charge in [-0.25, -0.2) is 0 Å². The third-order valence-electron chi connectivity index (χ3n) is 3.16. The second kappa shape index (κ2) is 6.07. The lowest BCUT2D eigenvalue weighted by atomic mass is 10.0. The van der Waals surface area contributed by atoms with Crippen LogP contribution < -0.4 is 10.2 Å². The number of carbonyl (C=O) groups excluding carboxylic acids is 1. The molecule has 1 aliphatic heterocycles. The van der Waals surface area contributed by atoms with Gasteiger partial charge < -0.3 is 15.0 Å². The standard InChI is InChI=1S/C14H17N3O2S/c1-9(2)11-10(8-15)14(17-4-6-19-7-5-17)20-12(11)13(18)16-3/h1,4-7H2,2-3H3,(H,16,18). The van der Waals surface area contributed by atoms with Crippen molar-refractivity contribution in [2.24, 2.45) is 0 Å². The number of carbonyl (C=O) groups is 1. The number of amides is 1. The number of rotatable bonds is 3. The monoisotopic (exact) mass is 291 g/mol. The lowest BCUT2D eigenvalue weighted by molar-refractivity contribution is 0.0967. The molecule has 0 atom stereocenters. The lowest BCUT2D eigenvalue weighted by Gasteiger charge is -2.27. The Morgan fingerprint density at radius 1 is 1.50 bits per heavy atom. The van der Waals surface area contributed by atoms with Gasteiger partial charge in [0.15, 0.2) is 0 Å². The summed E-state index contributed by atoms with van der Waals surface area (Å²) >= 11 is 1.35. The molecule has 1 fully saturated rings.